The number of benzene rings is 1. The third-order valence-corrected chi connectivity index (χ3v) is 13.8. The van der Waals surface area contributed by atoms with Gasteiger partial charge in [-0.3, -0.25) is 0 Å². The van der Waals surface area contributed by atoms with E-state index in [4.69, 9.17) is 25.7 Å². The number of halogens is 1. The lowest BCUT2D eigenvalue weighted by Crippen LogP contribution is -2.41. The molecule has 0 aliphatic heterocycles. The summed E-state index contributed by atoms with van der Waals surface area (Å²) < 4.78 is 11.9. The Labute approximate surface area is 229 Å². The highest BCUT2D eigenvalue weighted by molar-refractivity contribution is 7.99. The Morgan fingerprint density at radius 1 is 1.17 bits per heavy atom. The summed E-state index contributed by atoms with van der Waals surface area (Å²) in [6.07, 6.45) is 9.42. The Hall–Kier alpha value is -1.27. The van der Waals surface area contributed by atoms with Gasteiger partial charge in [-0.15, -0.1) is 11.8 Å². The Morgan fingerprint density at radius 2 is 1.89 bits per heavy atom. The van der Waals surface area contributed by atoms with Gasteiger partial charge < -0.3 is 9.16 Å². The molecule has 0 radical (unpaired) electrons. The predicted molar refractivity (Wildman–Crippen MR) is 159 cm³/mol. The van der Waals surface area contributed by atoms with Crippen molar-refractivity contribution in [1.29, 1.82) is 0 Å². The number of aromatic nitrogens is 1. The molecule has 0 unspecified atom stereocenters. The highest BCUT2D eigenvalue weighted by Crippen LogP contribution is 2.38. The molecule has 0 N–H and O–H groups in total. The number of methoxy groups -OCH3 is 1. The van der Waals surface area contributed by atoms with E-state index in [-0.39, 0.29) is 5.04 Å². The molecular formula is C30H44ClNO2SSi. The van der Waals surface area contributed by atoms with Crippen molar-refractivity contribution in [3.63, 3.8) is 0 Å². The minimum atomic E-state index is -1.68. The van der Waals surface area contributed by atoms with Gasteiger partial charge in [-0.1, -0.05) is 70.3 Å². The zero-order valence-electron chi connectivity index (χ0n) is 23.2. The van der Waals surface area contributed by atoms with E-state index in [0.29, 0.717) is 11.8 Å². The van der Waals surface area contributed by atoms with Gasteiger partial charge >= 0.3 is 0 Å². The average Bonchev–Trinajstić information content (AvgIpc) is 3.35. The Morgan fingerprint density at radius 3 is 2.50 bits per heavy atom. The summed E-state index contributed by atoms with van der Waals surface area (Å²) in [6, 6.07) is 10.7. The molecule has 1 aliphatic carbocycles. The summed E-state index contributed by atoms with van der Waals surface area (Å²) in [5, 5.41) is 1.05. The average molecular weight is 546 g/mol. The molecule has 1 aromatic carbocycles. The van der Waals surface area contributed by atoms with Gasteiger partial charge in [-0.25, -0.2) is 4.98 Å². The number of thioether (sulfide) groups is 1. The van der Waals surface area contributed by atoms with Crippen LogP contribution in [0.3, 0.4) is 0 Å². The van der Waals surface area contributed by atoms with Gasteiger partial charge in [0.2, 0.25) is 5.88 Å². The maximum atomic E-state index is 6.81. The zero-order chi connectivity index (χ0) is 26.3. The van der Waals surface area contributed by atoms with E-state index in [1.807, 2.05) is 11.8 Å². The van der Waals surface area contributed by atoms with E-state index < -0.39 is 8.32 Å². The molecule has 3 nitrogen and oxygen atoms in total. The van der Waals surface area contributed by atoms with Crippen LogP contribution < -0.4 is 4.74 Å². The Bertz CT molecular complexity index is 1040. The molecule has 2 aromatic rings. The number of pyridine rings is 1. The normalized spacial score (nSPS) is 15.5. The first-order valence-electron chi connectivity index (χ1n) is 13.4. The maximum Gasteiger partial charge on any atom is 0.216 e. The number of allylic oxidation sites excluding steroid dienone is 1. The van der Waals surface area contributed by atoms with E-state index in [2.05, 4.69) is 77.2 Å². The lowest BCUT2D eigenvalue weighted by Gasteiger charge is -2.36. The lowest BCUT2D eigenvalue weighted by molar-refractivity contribution is 0.289. The highest BCUT2D eigenvalue weighted by atomic mass is 35.5. The summed E-state index contributed by atoms with van der Waals surface area (Å²) in [5.74, 6) is 2.30. The van der Waals surface area contributed by atoms with E-state index >= 15 is 0 Å². The van der Waals surface area contributed by atoms with Gasteiger partial charge in [-0.05, 0) is 73.5 Å². The van der Waals surface area contributed by atoms with Crippen molar-refractivity contribution in [1.82, 2.24) is 4.98 Å². The summed E-state index contributed by atoms with van der Waals surface area (Å²) >= 11 is 8.63. The van der Waals surface area contributed by atoms with Crippen LogP contribution in [0.15, 0.2) is 41.3 Å². The second-order valence-electron chi connectivity index (χ2n) is 11.3. The number of nitrogens with zero attached hydrogens (tertiary/aromatic N) is 1. The molecular weight excluding hydrogens is 502 g/mol. The molecule has 1 aliphatic rings. The molecule has 0 amide bonds. The van der Waals surface area contributed by atoms with Crippen LogP contribution in [-0.4, -0.2) is 32.8 Å². The minimum Gasteiger partial charge on any atom is -0.481 e. The van der Waals surface area contributed by atoms with Gasteiger partial charge in [0.1, 0.15) is 0 Å². The molecule has 0 atom stereocenters. The summed E-state index contributed by atoms with van der Waals surface area (Å²) in [5.41, 5.74) is 4.36. The number of ether oxygens (including phenoxy) is 1. The molecule has 1 heterocycles. The topological polar surface area (TPSA) is 31.4 Å². The fourth-order valence-electron chi connectivity index (χ4n) is 4.32. The Kier molecular flexibility index (Phi) is 10.6. The standard InChI is InChI=1S/C30H44ClNO2SSi/c1-8-23-14-16-27(32-29(23)33-5)25(20-22-12-9-10-13-22)24-15-17-28(26(31)21-24)35-19-11-18-34-36(6,7)30(2,3)4/h14-17,20-22H,8-13,18-19H2,1-7H3. The molecule has 36 heavy (non-hydrogen) atoms. The van der Waals surface area contributed by atoms with Crippen LogP contribution in [0.4, 0.5) is 0 Å². The van der Waals surface area contributed by atoms with Crippen molar-refractivity contribution in [3.8, 4) is 5.88 Å². The first-order chi connectivity index (χ1) is 17.1. The molecule has 0 spiro atoms. The molecule has 3 rings (SSSR count). The number of rotatable bonds is 11. The van der Waals surface area contributed by atoms with Crippen LogP contribution in [0.2, 0.25) is 23.2 Å². The number of hydrogen-bond acceptors (Lipinski definition) is 4. The van der Waals surface area contributed by atoms with Gasteiger partial charge in [-0.2, -0.15) is 0 Å². The SMILES string of the molecule is CCc1ccc(C(=CC2CCCC2)c2ccc(SCCCO[Si](C)(C)C(C)(C)C)c(Cl)c2)nc1OC. The zero-order valence-corrected chi connectivity index (χ0v) is 25.8. The minimum absolute atomic E-state index is 0.249. The quantitative estimate of drug-likeness (QED) is 0.160. The van der Waals surface area contributed by atoms with Crippen molar-refractivity contribution < 1.29 is 9.16 Å². The molecule has 0 bridgehead atoms. The fraction of sp³-hybridized carbons (Fsp3) is 0.567. The largest absolute Gasteiger partial charge is 0.481 e. The number of aryl methyl sites for hydroxylation is 1. The van der Waals surface area contributed by atoms with Gasteiger partial charge in [0.25, 0.3) is 0 Å². The second-order valence-corrected chi connectivity index (χ2v) is 17.7. The smallest absolute Gasteiger partial charge is 0.216 e. The highest BCUT2D eigenvalue weighted by Gasteiger charge is 2.36. The second kappa shape index (κ2) is 13.0. The van der Waals surface area contributed by atoms with E-state index in [0.717, 1.165) is 57.5 Å². The van der Waals surface area contributed by atoms with E-state index in [1.54, 1.807) is 7.11 Å². The van der Waals surface area contributed by atoms with Crippen molar-refractivity contribution >= 4 is 37.3 Å². The molecule has 6 heteroatoms. The van der Waals surface area contributed by atoms with Crippen LogP contribution in [-0.2, 0) is 10.8 Å². The predicted octanol–water partition coefficient (Wildman–Crippen LogP) is 9.43. The van der Waals surface area contributed by atoms with Crippen molar-refractivity contribution in [2.45, 2.75) is 89.2 Å². The van der Waals surface area contributed by atoms with Crippen LogP contribution in [0.1, 0.15) is 76.6 Å². The summed E-state index contributed by atoms with van der Waals surface area (Å²) in [4.78, 5) is 6.02. The maximum absolute atomic E-state index is 6.81. The van der Waals surface area contributed by atoms with Gasteiger partial charge in [0.05, 0.1) is 17.8 Å². The number of hydrogen-bond donors (Lipinski definition) is 0. The van der Waals surface area contributed by atoms with E-state index in [1.165, 1.54) is 25.7 Å². The van der Waals surface area contributed by atoms with Crippen LogP contribution in [0.5, 0.6) is 5.88 Å². The van der Waals surface area contributed by atoms with Crippen LogP contribution >= 0.6 is 23.4 Å². The van der Waals surface area contributed by atoms with Crippen LogP contribution in [0.25, 0.3) is 5.57 Å². The van der Waals surface area contributed by atoms with Gasteiger partial charge in [0.15, 0.2) is 8.32 Å². The third kappa shape index (κ3) is 7.63. The van der Waals surface area contributed by atoms with Crippen molar-refractivity contribution in [2.75, 3.05) is 19.5 Å². The summed E-state index contributed by atoms with van der Waals surface area (Å²) in [7, 11) is 0.0176. The van der Waals surface area contributed by atoms with Gasteiger partial charge in [0, 0.05) is 28.4 Å². The fourth-order valence-corrected chi connectivity index (χ4v) is 6.60. The molecule has 0 saturated heterocycles. The van der Waals surface area contributed by atoms with Crippen molar-refractivity contribution in [2.24, 2.45) is 5.92 Å². The lowest BCUT2D eigenvalue weighted by atomic mass is 9.95. The first-order valence-corrected chi connectivity index (χ1v) is 17.7. The molecule has 1 aromatic heterocycles. The first kappa shape index (κ1) is 29.3. The van der Waals surface area contributed by atoms with E-state index in [9.17, 15) is 0 Å². The molecule has 1 saturated carbocycles. The monoisotopic (exact) mass is 545 g/mol. The van der Waals surface area contributed by atoms with Crippen LogP contribution in [0, 0.1) is 5.92 Å². The summed E-state index contributed by atoms with van der Waals surface area (Å²) in [6.45, 7) is 14.4. The third-order valence-electron chi connectivity index (χ3n) is 7.65. The molecule has 198 valence electrons. The van der Waals surface area contributed by atoms with Crippen molar-refractivity contribution in [3.05, 3.63) is 58.3 Å². The Balaban J connectivity index is 1.74. The molecule has 1 fully saturated rings.